The van der Waals surface area contributed by atoms with E-state index in [1.165, 1.54) is 5.56 Å². The highest BCUT2D eigenvalue weighted by Gasteiger charge is 2.23. The summed E-state index contributed by atoms with van der Waals surface area (Å²) in [5.74, 6) is 0.871. The summed E-state index contributed by atoms with van der Waals surface area (Å²) in [6, 6.07) is 17.5. The Morgan fingerprint density at radius 3 is 2.03 bits per heavy atom. The lowest BCUT2D eigenvalue weighted by atomic mass is 10.1. The molecule has 0 spiro atoms. The molecule has 7 heteroatoms. The van der Waals surface area contributed by atoms with E-state index in [1.54, 1.807) is 6.07 Å². The molecule has 4 rings (SSSR count). The molecule has 2 aromatic carbocycles. The minimum atomic E-state index is -0.147. The van der Waals surface area contributed by atoms with Crippen LogP contribution in [0.2, 0.25) is 0 Å². The van der Waals surface area contributed by atoms with E-state index in [4.69, 9.17) is 0 Å². The Morgan fingerprint density at radius 2 is 1.36 bits per heavy atom. The number of carbonyl (C=O) groups excluding carboxylic acids is 2. The quantitative estimate of drug-likeness (QED) is 0.576. The molecule has 1 aromatic heterocycles. The molecule has 2 amide bonds. The molecule has 1 fully saturated rings. The number of hydrogen-bond donors (Lipinski definition) is 1. The number of aryl methyl sites for hydroxylation is 2. The summed E-state index contributed by atoms with van der Waals surface area (Å²) in [7, 11) is 0. The number of para-hydroxylation sites is 1. The number of rotatable bonds is 8. The zero-order chi connectivity index (χ0) is 23.0. The molecule has 0 saturated carbocycles. The van der Waals surface area contributed by atoms with E-state index in [0.29, 0.717) is 68.6 Å². The highest BCUT2D eigenvalue weighted by atomic mass is 16.2. The smallest absolute Gasteiger partial charge is 0.258 e. The fourth-order valence-corrected chi connectivity index (χ4v) is 4.27. The fraction of sp³-hybridized carbons (Fsp3) is 0.385. The van der Waals surface area contributed by atoms with Gasteiger partial charge in [-0.05, 0) is 37.0 Å². The minimum absolute atomic E-state index is 0.0920. The standard InChI is InChI=1S/C26H30N4O3/c31-24(14-6-10-20-8-2-1-3-9-20)29-16-18-30(19-17-29)25(32)15-7-13-23-27-22-12-5-4-11-21(22)26(33)28-23/h1-5,8-9,11-12H,6-7,10,13-19H2,(H,27,28,33). The van der Waals surface area contributed by atoms with Gasteiger partial charge in [0.2, 0.25) is 11.8 Å². The summed E-state index contributed by atoms with van der Waals surface area (Å²) in [4.78, 5) is 48.3. The third-order valence-electron chi connectivity index (χ3n) is 6.15. The van der Waals surface area contributed by atoms with Gasteiger partial charge in [-0.25, -0.2) is 4.98 Å². The average molecular weight is 447 g/mol. The Kier molecular flexibility index (Phi) is 7.50. The number of H-pyrrole nitrogens is 1. The van der Waals surface area contributed by atoms with E-state index < -0.39 is 0 Å². The first kappa shape index (κ1) is 22.7. The molecule has 1 aliphatic heterocycles. The summed E-state index contributed by atoms with van der Waals surface area (Å²) < 4.78 is 0. The molecular formula is C26H30N4O3. The van der Waals surface area contributed by atoms with Crippen molar-refractivity contribution in [3.63, 3.8) is 0 Å². The average Bonchev–Trinajstić information content (AvgIpc) is 2.85. The van der Waals surface area contributed by atoms with Crippen LogP contribution in [0.25, 0.3) is 10.9 Å². The van der Waals surface area contributed by atoms with Crippen LogP contribution in [0.1, 0.15) is 37.1 Å². The molecule has 7 nitrogen and oxygen atoms in total. The molecule has 1 aliphatic rings. The van der Waals surface area contributed by atoms with Crippen molar-refractivity contribution in [3.8, 4) is 0 Å². The summed E-state index contributed by atoms with van der Waals surface area (Å²) >= 11 is 0. The van der Waals surface area contributed by atoms with Crippen LogP contribution in [0.4, 0.5) is 0 Å². The van der Waals surface area contributed by atoms with E-state index in [9.17, 15) is 14.4 Å². The number of carbonyl (C=O) groups is 2. The summed E-state index contributed by atoms with van der Waals surface area (Å²) in [6.45, 7) is 2.34. The van der Waals surface area contributed by atoms with Gasteiger partial charge in [-0.2, -0.15) is 0 Å². The molecular weight excluding hydrogens is 416 g/mol. The van der Waals surface area contributed by atoms with Crippen LogP contribution in [0.5, 0.6) is 0 Å². The van der Waals surface area contributed by atoms with E-state index in [-0.39, 0.29) is 17.4 Å². The maximum Gasteiger partial charge on any atom is 0.258 e. The van der Waals surface area contributed by atoms with Crippen molar-refractivity contribution in [2.24, 2.45) is 0 Å². The SMILES string of the molecule is O=C(CCCc1ccccc1)N1CCN(C(=O)CCCc2nc3ccccc3c(=O)[nH]2)CC1. The predicted octanol–water partition coefficient (Wildman–Crippen LogP) is 2.94. The van der Waals surface area contributed by atoms with Gasteiger partial charge in [0.05, 0.1) is 10.9 Å². The molecule has 0 atom stereocenters. The molecule has 2 heterocycles. The van der Waals surface area contributed by atoms with E-state index in [1.807, 2.05) is 46.2 Å². The Bertz CT molecular complexity index is 1150. The highest BCUT2D eigenvalue weighted by Crippen LogP contribution is 2.11. The van der Waals surface area contributed by atoms with Crippen molar-refractivity contribution in [2.45, 2.75) is 38.5 Å². The largest absolute Gasteiger partial charge is 0.339 e. The number of fused-ring (bicyclic) bond motifs is 1. The van der Waals surface area contributed by atoms with Gasteiger partial charge >= 0.3 is 0 Å². The molecule has 0 unspecified atom stereocenters. The first-order chi connectivity index (χ1) is 16.1. The molecule has 1 N–H and O–H groups in total. The monoisotopic (exact) mass is 446 g/mol. The second kappa shape index (κ2) is 10.9. The first-order valence-electron chi connectivity index (χ1n) is 11.7. The Balaban J connectivity index is 1.17. The van der Waals surface area contributed by atoms with E-state index >= 15 is 0 Å². The van der Waals surface area contributed by atoms with Crippen LogP contribution < -0.4 is 5.56 Å². The number of nitrogens with zero attached hydrogens (tertiary/aromatic N) is 3. The molecule has 0 bridgehead atoms. The molecule has 1 saturated heterocycles. The van der Waals surface area contributed by atoms with Crippen molar-refractivity contribution in [1.29, 1.82) is 0 Å². The van der Waals surface area contributed by atoms with Gasteiger partial charge in [-0.3, -0.25) is 14.4 Å². The normalized spacial score (nSPS) is 13.9. The van der Waals surface area contributed by atoms with Crippen LogP contribution in [0.3, 0.4) is 0 Å². The predicted molar refractivity (Wildman–Crippen MR) is 128 cm³/mol. The number of aromatic nitrogens is 2. The minimum Gasteiger partial charge on any atom is -0.339 e. The van der Waals surface area contributed by atoms with Crippen molar-refractivity contribution in [2.75, 3.05) is 26.2 Å². The Morgan fingerprint density at radius 1 is 0.788 bits per heavy atom. The van der Waals surface area contributed by atoms with Gasteiger partial charge in [0.1, 0.15) is 5.82 Å². The van der Waals surface area contributed by atoms with Gasteiger partial charge in [-0.15, -0.1) is 0 Å². The Labute approximate surface area is 193 Å². The molecule has 33 heavy (non-hydrogen) atoms. The van der Waals surface area contributed by atoms with Gasteiger partial charge in [-0.1, -0.05) is 42.5 Å². The molecule has 3 aromatic rings. The number of nitrogens with one attached hydrogen (secondary N) is 1. The van der Waals surface area contributed by atoms with Gasteiger partial charge in [0.15, 0.2) is 0 Å². The third kappa shape index (κ3) is 6.06. The summed E-state index contributed by atoms with van der Waals surface area (Å²) in [5.41, 5.74) is 1.78. The molecule has 0 aliphatic carbocycles. The van der Waals surface area contributed by atoms with Crippen molar-refractivity contribution in [1.82, 2.24) is 19.8 Å². The topological polar surface area (TPSA) is 86.4 Å². The molecule has 172 valence electrons. The van der Waals surface area contributed by atoms with Crippen molar-refractivity contribution >= 4 is 22.7 Å². The van der Waals surface area contributed by atoms with Crippen molar-refractivity contribution < 1.29 is 9.59 Å². The lowest BCUT2D eigenvalue weighted by Crippen LogP contribution is -2.50. The zero-order valence-electron chi connectivity index (χ0n) is 18.8. The second-order valence-electron chi connectivity index (χ2n) is 8.48. The lowest BCUT2D eigenvalue weighted by molar-refractivity contribution is -0.139. The second-order valence-corrected chi connectivity index (χ2v) is 8.48. The Hall–Kier alpha value is -3.48. The van der Waals surface area contributed by atoms with E-state index in [2.05, 4.69) is 22.1 Å². The van der Waals surface area contributed by atoms with Crippen LogP contribution >= 0.6 is 0 Å². The van der Waals surface area contributed by atoms with Gasteiger partial charge < -0.3 is 14.8 Å². The highest BCUT2D eigenvalue weighted by molar-refractivity contribution is 5.79. The number of amides is 2. The maximum absolute atomic E-state index is 12.6. The molecule has 0 radical (unpaired) electrons. The first-order valence-corrected chi connectivity index (χ1v) is 11.7. The number of hydrogen-bond acceptors (Lipinski definition) is 4. The number of piperazine rings is 1. The third-order valence-corrected chi connectivity index (χ3v) is 6.15. The van der Waals surface area contributed by atoms with E-state index in [0.717, 1.165) is 12.8 Å². The zero-order valence-corrected chi connectivity index (χ0v) is 18.8. The number of benzene rings is 2. The van der Waals surface area contributed by atoms with Gasteiger partial charge in [0.25, 0.3) is 5.56 Å². The fourth-order valence-electron chi connectivity index (χ4n) is 4.27. The maximum atomic E-state index is 12.6. The van der Waals surface area contributed by atoms with Crippen LogP contribution in [-0.2, 0) is 22.4 Å². The summed E-state index contributed by atoms with van der Waals surface area (Å²) in [6.07, 6.45) is 3.86. The summed E-state index contributed by atoms with van der Waals surface area (Å²) in [5, 5.41) is 0.574. The number of aromatic amines is 1. The van der Waals surface area contributed by atoms with Crippen molar-refractivity contribution in [3.05, 3.63) is 76.3 Å². The van der Waals surface area contributed by atoms with Crippen LogP contribution in [-0.4, -0.2) is 57.8 Å². The van der Waals surface area contributed by atoms with Crippen LogP contribution in [0.15, 0.2) is 59.4 Å². The van der Waals surface area contributed by atoms with Gasteiger partial charge in [0, 0.05) is 45.4 Å². The van der Waals surface area contributed by atoms with Crippen LogP contribution in [0, 0.1) is 0 Å². The lowest BCUT2D eigenvalue weighted by Gasteiger charge is -2.35.